The third-order valence-electron chi connectivity index (χ3n) is 3.61. The first kappa shape index (κ1) is 17.6. The van der Waals surface area contributed by atoms with Crippen molar-refractivity contribution in [3.8, 4) is 0 Å². The summed E-state index contributed by atoms with van der Waals surface area (Å²) < 4.78 is 1.17. The molecule has 2 aromatic rings. The van der Waals surface area contributed by atoms with E-state index in [9.17, 15) is 14.4 Å². The Kier molecular flexibility index (Phi) is 6.03. The third kappa shape index (κ3) is 4.39. The molecule has 0 spiro atoms. The van der Waals surface area contributed by atoms with Crippen LogP contribution in [0.5, 0.6) is 0 Å². The van der Waals surface area contributed by atoms with Gasteiger partial charge in [-0.15, -0.1) is 0 Å². The third-order valence-corrected chi connectivity index (χ3v) is 3.61. The van der Waals surface area contributed by atoms with Crippen molar-refractivity contribution < 1.29 is 14.5 Å². The van der Waals surface area contributed by atoms with Crippen LogP contribution in [0.15, 0.2) is 59.5 Å². The molecule has 2 rings (SSSR count). The molecule has 0 aliphatic carbocycles. The van der Waals surface area contributed by atoms with Crippen molar-refractivity contribution in [1.29, 1.82) is 0 Å². The van der Waals surface area contributed by atoms with E-state index in [0.29, 0.717) is 12.1 Å². The number of hydrogen-bond donors (Lipinski definition) is 2. The maximum absolute atomic E-state index is 12.8. The summed E-state index contributed by atoms with van der Waals surface area (Å²) in [7, 11) is 3.95. The Balaban J connectivity index is 2.32. The molecule has 24 heavy (non-hydrogen) atoms. The molecule has 2 N–H and O–H groups in total. The van der Waals surface area contributed by atoms with Gasteiger partial charge in [-0.3, -0.25) is 19.0 Å². The number of hydrogen-bond acceptors (Lipinski definition) is 3. The standard InChI is InChI=1S/C18H21N3O3/c1-20(2)13-11-19-18(24)16(21-12-7-6-10-15(21)22)17(23)14-8-4-3-5-9-14/h3-10,12,16H,11,13H2,1-2H3,(H,19,24)/p+1/t16-/m1/s1. The van der Waals surface area contributed by atoms with Gasteiger partial charge in [0.05, 0.1) is 27.2 Å². The van der Waals surface area contributed by atoms with Crippen LogP contribution in [0, 0.1) is 0 Å². The van der Waals surface area contributed by atoms with Crippen LogP contribution >= 0.6 is 0 Å². The number of nitrogens with zero attached hydrogens (tertiary/aromatic N) is 1. The molecule has 1 heterocycles. The van der Waals surface area contributed by atoms with Gasteiger partial charge >= 0.3 is 0 Å². The molecule has 0 fully saturated rings. The summed E-state index contributed by atoms with van der Waals surface area (Å²) in [6.45, 7) is 1.16. The molecule has 1 atom stereocenters. The number of nitrogens with one attached hydrogen (secondary N) is 2. The Hall–Kier alpha value is -2.73. The molecule has 6 heteroatoms. The molecule has 1 aromatic heterocycles. The van der Waals surface area contributed by atoms with Crippen LogP contribution in [0.2, 0.25) is 0 Å². The van der Waals surface area contributed by atoms with Crippen molar-refractivity contribution in [3.05, 3.63) is 70.6 Å². The molecular weight excluding hydrogens is 306 g/mol. The summed E-state index contributed by atoms with van der Waals surface area (Å²) in [5.74, 6) is -0.878. The predicted octanol–water partition coefficient (Wildman–Crippen LogP) is -0.467. The lowest BCUT2D eigenvalue weighted by molar-refractivity contribution is -0.856. The van der Waals surface area contributed by atoms with Crippen LogP contribution in [-0.4, -0.2) is 43.4 Å². The number of likely N-dealkylation sites (N-methyl/N-ethyl adjacent to an activating group) is 1. The SMILES string of the molecule is C[NH+](C)CCNC(=O)[C@@H](C(=O)c1ccccc1)n1ccccc1=O. The van der Waals surface area contributed by atoms with E-state index in [4.69, 9.17) is 0 Å². The van der Waals surface area contributed by atoms with E-state index in [2.05, 4.69) is 5.32 Å². The first-order valence-corrected chi connectivity index (χ1v) is 7.84. The van der Waals surface area contributed by atoms with Gasteiger partial charge in [-0.25, -0.2) is 0 Å². The molecule has 0 bridgehead atoms. The minimum atomic E-state index is -1.21. The van der Waals surface area contributed by atoms with Crippen molar-refractivity contribution in [3.63, 3.8) is 0 Å². The fraction of sp³-hybridized carbons (Fsp3) is 0.278. The highest BCUT2D eigenvalue weighted by Crippen LogP contribution is 2.13. The fourth-order valence-corrected chi connectivity index (χ4v) is 2.32. The van der Waals surface area contributed by atoms with Crippen LogP contribution in [-0.2, 0) is 4.79 Å². The zero-order chi connectivity index (χ0) is 17.5. The van der Waals surface area contributed by atoms with Crippen LogP contribution < -0.4 is 15.8 Å². The lowest BCUT2D eigenvalue weighted by atomic mass is 10.0. The van der Waals surface area contributed by atoms with Crippen molar-refractivity contribution in [2.45, 2.75) is 6.04 Å². The van der Waals surface area contributed by atoms with Crippen molar-refractivity contribution >= 4 is 11.7 Å². The second-order valence-corrected chi connectivity index (χ2v) is 5.83. The van der Waals surface area contributed by atoms with E-state index in [-0.39, 0.29) is 5.56 Å². The van der Waals surface area contributed by atoms with Gasteiger partial charge in [0, 0.05) is 17.8 Å². The normalized spacial score (nSPS) is 12.0. The second kappa shape index (κ2) is 8.21. The van der Waals surface area contributed by atoms with Crippen LogP contribution in [0.3, 0.4) is 0 Å². The molecule has 0 aliphatic rings. The van der Waals surface area contributed by atoms with Gasteiger partial charge in [0.15, 0.2) is 11.8 Å². The Morgan fingerprint density at radius 3 is 2.38 bits per heavy atom. The zero-order valence-electron chi connectivity index (χ0n) is 13.9. The molecule has 1 amide bonds. The lowest BCUT2D eigenvalue weighted by Crippen LogP contribution is -3.06. The van der Waals surface area contributed by atoms with E-state index in [1.54, 1.807) is 42.5 Å². The number of quaternary nitrogens is 1. The average Bonchev–Trinajstić information content (AvgIpc) is 2.57. The Morgan fingerprint density at radius 2 is 1.75 bits per heavy atom. The van der Waals surface area contributed by atoms with Crippen molar-refractivity contribution in [2.75, 3.05) is 27.2 Å². The van der Waals surface area contributed by atoms with Gasteiger partial charge in [0.1, 0.15) is 0 Å². The maximum atomic E-state index is 12.8. The predicted molar refractivity (Wildman–Crippen MR) is 91.2 cm³/mol. The van der Waals surface area contributed by atoms with Crippen molar-refractivity contribution in [2.24, 2.45) is 0 Å². The van der Waals surface area contributed by atoms with Crippen LogP contribution in [0.4, 0.5) is 0 Å². The number of Topliss-reactive ketones (excluding diaryl/α,β-unsaturated/α-hetero) is 1. The van der Waals surface area contributed by atoms with Gasteiger partial charge in [-0.1, -0.05) is 36.4 Å². The van der Waals surface area contributed by atoms with E-state index < -0.39 is 17.7 Å². The van der Waals surface area contributed by atoms with Crippen molar-refractivity contribution in [1.82, 2.24) is 9.88 Å². The number of benzene rings is 1. The van der Waals surface area contributed by atoms with E-state index in [1.165, 1.54) is 21.7 Å². The fourth-order valence-electron chi connectivity index (χ4n) is 2.32. The quantitative estimate of drug-likeness (QED) is 0.533. The number of aromatic nitrogens is 1. The molecule has 0 saturated heterocycles. The molecule has 6 nitrogen and oxygen atoms in total. The number of carbonyl (C=O) groups is 2. The summed E-state index contributed by atoms with van der Waals surface area (Å²) >= 11 is 0. The summed E-state index contributed by atoms with van der Waals surface area (Å²) in [6, 6.07) is 11.9. The second-order valence-electron chi connectivity index (χ2n) is 5.83. The summed E-state index contributed by atoms with van der Waals surface area (Å²) in [4.78, 5) is 38.7. The number of carbonyl (C=O) groups excluding carboxylic acids is 2. The largest absolute Gasteiger partial charge is 0.348 e. The molecule has 0 unspecified atom stereocenters. The Morgan fingerprint density at radius 1 is 1.08 bits per heavy atom. The van der Waals surface area contributed by atoms with Gasteiger partial charge in [0.25, 0.3) is 11.5 Å². The minimum absolute atomic E-state index is 0.389. The van der Waals surface area contributed by atoms with Gasteiger partial charge in [-0.05, 0) is 6.07 Å². The number of pyridine rings is 1. The molecule has 0 aliphatic heterocycles. The van der Waals surface area contributed by atoms with Gasteiger partial charge in [-0.2, -0.15) is 0 Å². The lowest BCUT2D eigenvalue weighted by Gasteiger charge is -2.18. The number of rotatable bonds is 7. The Labute approximate surface area is 140 Å². The molecular formula is C18H22N3O3+. The molecule has 0 saturated carbocycles. The topological polar surface area (TPSA) is 72.6 Å². The molecule has 126 valence electrons. The highest BCUT2D eigenvalue weighted by atomic mass is 16.2. The minimum Gasteiger partial charge on any atom is -0.348 e. The van der Waals surface area contributed by atoms with Crippen LogP contribution in [0.1, 0.15) is 16.4 Å². The number of amides is 1. The summed E-state index contributed by atoms with van der Waals surface area (Å²) in [5.41, 5.74) is 0.00630. The maximum Gasteiger partial charge on any atom is 0.251 e. The smallest absolute Gasteiger partial charge is 0.251 e. The average molecular weight is 328 g/mol. The summed E-state index contributed by atoms with van der Waals surface area (Å²) in [6.07, 6.45) is 1.46. The zero-order valence-corrected chi connectivity index (χ0v) is 13.9. The highest BCUT2D eigenvalue weighted by molar-refractivity contribution is 6.11. The van der Waals surface area contributed by atoms with E-state index in [0.717, 1.165) is 6.54 Å². The van der Waals surface area contributed by atoms with Gasteiger partial charge < -0.3 is 10.2 Å². The van der Waals surface area contributed by atoms with E-state index in [1.807, 2.05) is 14.1 Å². The van der Waals surface area contributed by atoms with Crippen LogP contribution in [0.25, 0.3) is 0 Å². The Bertz CT molecular complexity index is 753. The first-order chi connectivity index (χ1) is 11.5. The van der Waals surface area contributed by atoms with E-state index >= 15 is 0 Å². The monoisotopic (exact) mass is 328 g/mol. The number of ketones is 1. The van der Waals surface area contributed by atoms with Gasteiger partial charge in [0.2, 0.25) is 0 Å². The summed E-state index contributed by atoms with van der Waals surface area (Å²) in [5, 5.41) is 2.75. The first-order valence-electron chi connectivity index (χ1n) is 7.84. The molecule has 0 radical (unpaired) electrons. The molecule has 1 aromatic carbocycles. The highest BCUT2D eigenvalue weighted by Gasteiger charge is 2.29.